The molecule has 8 heteroatoms. The lowest BCUT2D eigenvalue weighted by molar-refractivity contribution is 0.373. The van der Waals surface area contributed by atoms with E-state index >= 15 is 0 Å². The number of nitrogens with zero attached hydrogens (tertiary/aromatic N) is 7. The van der Waals surface area contributed by atoms with Crippen LogP contribution in [0.2, 0.25) is 0 Å². The normalized spacial score (nSPS) is 12.6. The molecular formula is C25H30N8. The van der Waals surface area contributed by atoms with Crippen LogP contribution in [-0.4, -0.2) is 55.1 Å². The summed E-state index contributed by atoms with van der Waals surface area (Å²) >= 11 is 0. The fraction of sp³-hybridized carbons (Fsp3) is 0.360. The number of aryl methyl sites for hydroxylation is 4. The van der Waals surface area contributed by atoms with Gasteiger partial charge in [-0.1, -0.05) is 24.3 Å². The highest BCUT2D eigenvalue weighted by molar-refractivity contribution is 5.72. The van der Waals surface area contributed by atoms with Crippen molar-refractivity contribution in [2.24, 2.45) is 7.05 Å². The largest absolute Gasteiger partial charge is 0.321 e. The van der Waals surface area contributed by atoms with E-state index in [4.69, 9.17) is 10.1 Å². The van der Waals surface area contributed by atoms with E-state index in [1.165, 1.54) is 22.4 Å². The first-order valence-corrected chi connectivity index (χ1v) is 11.4. The van der Waals surface area contributed by atoms with E-state index in [0.717, 1.165) is 55.0 Å². The lowest BCUT2D eigenvalue weighted by Crippen LogP contribution is -2.18. The SMILES string of the molecule is Cc1ccccc1Cc1c2c(nn1C)CCc1cnc(Nc3cnn(CCN(C)C)c3)nc1-2. The molecular weight excluding hydrogens is 412 g/mol. The van der Waals surface area contributed by atoms with Crippen LogP contribution in [0.15, 0.2) is 42.9 Å². The van der Waals surface area contributed by atoms with Gasteiger partial charge in [0.25, 0.3) is 0 Å². The number of hydrogen-bond acceptors (Lipinski definition) is 6. The molecule has 1 aliphatic rings. The number of hydrogen-bond donors (Lipinski definition) is 1. The summed E-state index contributed by atoms with van der Waals surface area (Å²) < 4.78 is 3.95. The first-order valence-electron chi connectivity index (χ1n) is 11.4. The van der Waals surface area contributed by atoms with Gasteiger partial charge in [-0.2, -0.15) is 10.2 Å². The first kappa shape index (κ1) is 21.3. The molecule has 0 spiro atoms. The van der Waals surface area contributed by atoms with Crippen LogP contribution in [0.4, 0.5) is 11.6 Å². The number of fused-ring (bicyclic) bond motifs is 3. The average molecular weight is 443 g/mol. The summed E-state index contributed by atoms with van der Waals surface area (Å²) in [5, 5.41) is 12.6. The molecule has 3 heterocycles. The van der Waals surface area contributed by atoms with E-state index in [9.17, 15) is 0 Å². The van der Waals surface area contributed by atoms with Gasteiger partial charge in [0.15, 0.2) is 0 Å². The summed E-state index contributed by atoms with van der Waals surface area (Å²) in [5.41, 5.74) is 9.13. The van der Waals surface area contributed by atoms with Gasteiger partial charge >= 0.3 is 0 Å². The Balaban J connectivity index is 1.45. The standard InChI is InChI=1S/C25H30N8/c1-17-7-5-6-8-18(17)13-22-23-21(30-32(22)4)10-9-19-14-26-25(29-24(19)23)28-20-15-27-33(16-20)12-11-31(2)3/h5-8,14-16H,9-13H2,1-4H3,(H,26,28,29). The van der Waals surface area contributed by atoms with E-state index in [2.05, 4.69) is 65.6 Å². The number of aromatic nitrogens is 6. The van der Waals surface area contributed by atoms with Crippen LogP contribution in [-0.2, 0) is 32.9 Å². The molecule has 0 radical (unpaired) electrons. The molecule has 0 saturated heterocycles. The molecule has 0 amide bonds. The molecule has 0 saturated carbocycles. The Labute approximate surface area is 194 Å². The van der Waals surface area contributed by atoms with Crippen molar-refractivity contribution in [1.29, 1.82) is 0 Å². The van der Waals surface area contributed by atoms with Gasteiger partial charge < -0.3 is 10.2 Å². The van der Waals surface area contributed by atoms with Crippen molar-refractivity contribution in [3.63, 3.8) is 0 Å². The Kier molecular flexibility index (Phi) is 5.68. The number of anilines is 2. The summed E-state index contributed by atoms with van der Waals surface area (Å²) in [6.45, 7) is 3.93. The summed E-state index contributed by atoms with van der Waals surface area (Å²) in [7, 11) is 6.15. The maximum atomic E-state index is 4.95. The van der Waals surface area contributed by atoms with Crippen LogP contribution in [0.5, 0.6) is 0 Å². The molecule has 5 rings (SSSR count). The molecule has 1 aromatic carbocycles. The summed E-state index contributed by atoms with van der Waals surface area (Å²) in [6.07, 6.45) is 8.42. The Morgan fingerprint density at radius 1 is 1.12 bits per heavy atom. The van der Waals surface area contributed by atoms with Gasteiger partial charge in [0.05, 0.1) is 35.5 Å². The van der Waals surface area contributed by atoms with E-state index in [1.54, 1.807) is 0 Å². The van der Waals surface area contributed by atoms with Crippen molar-refractivity contribution >= 4 is 11.6 Å². The smallest absolute Gasteiger partial charge is 0.227 e. The monoisotopic (exact) mass is 442 g/mol. The van der Waals surface area contributed by atoms with E-state index < -0.39 is 0 Å². The number of benzene rings is 1. The molecule has 0 atom stereocenters. The molecule has 3 aromatic heterocycles. The Morgan fingerprint density at radius 2 is 1.97 bits per heavy atom. The molecule has 8 nitrogen and oxygen atoms in total. The molecule has 33 heavy (non-hydrogen) atoms. The summed E-state index contributed by atoms with van der Waals surface area (Å²) in [6, 6.07) is 8.54. The second kappa shape index (κ2) is 8.78. The second-order valence-electron chi connectivity index (χ2n) is 8.98. The van der Waals surface area contributed by atoms with Crippen LogP contribution in [0.25, 0.3) is 11.3 Å². The van der Waals surface area contributed by atoms with E-state index in [1.807, 2.05) is 35.0 Å². The molecule has 170 valence electrons. The third-order valence-corrected chi connectivity index (χ3v) is 6.26. The van der Waals surface area contributed by atoms with Crippen molar-refractivity contribution < 1.29 is 0 Å². The first-order chi connectivity index (χ1) is 16.0. The molecule has 0 fully saturated rings. The van der Waals surface area contributed by atoms with Crippen molar-refractivity contribution in [2.75, 3.05) is 26.0 Å². The van der Waals surface area contributed by atoms with Gasteiger partial charge in [0.1, 0.15) is 0 Å². The van der Waals surface area contributed by atoms with Crippen LogP contribution in [0, 0.1) is 6.92 Å². The van der Waals surface area contributed by atoms with Gasteiger partial charge in [-0.25, -0.2) is 9.97 Å². The van der Waals surface area contributed by atoms with E-state index in [0.29, 0.717) is 5.95 Å². The maximum Gasteiger partial charge on any atom is 0.227 e. The Bertz CT molecular complexity index is 1280. The number of likely N-dealkylation sites (N-methyl/N-ethyl adjacent to an activating group) is 1. The topological polar surface area (TPSA) is 76.7 Å². The van der Waals surface area contributed by atoms with Gasteiger partial charge in [0, 0.05) is 38.0 Å². The van der Waals surface area contributed by atoms with E-state index in [-0.39, 0.29) is 0 Å². The van der Waals surface area contributed by atoms with Crippen LogP contribution in [0.3, 0.4) is 0 Å². The fourth-order valence-corrected chi connectivity index (χ4v) is 4.36. The van der Waals surface area contributed by atoms with Crippen molar-refractivity contribution in [3.05, 3.63) is 70.9 Å². The minimum atomic E-state index is 0.583. The van der Waals surface area contributed by atoms with Crippen LogP contribution in [0.1, 0.15) is 28.1 Å². The highest BCUT2D eigenvalue weighted by Gasteiger charge is 2.26. The molecule has 0 unspecified atom stereocenters. The predicted molar refractivity (Wildman–Crippen MR) is 130 cm³/mol. The minimum Gasteiger partial charge on any atom is -0.321 e. The maximum absolute atomic E-state index is 4.95. The fourth-order valence-electron chi connectivity index (χ4n) is 4.36. The second-order valence-corrected chi connectivity index (χ2v) is 8.98. The zero-order valence-electron chi connectivity index (χ0n) is 19.7. The van der Waals surface area contributed by atoms with Gasteiger partial charge in [-0.15, -0.1) is 0 Å². The number of rotatable bonds is 7. The Hall–Kier alpha value is -3.52. The summed E-state index contributed by atoms with van der Waals surface area (Å²) in [4.78, 5) is 11.7. The van der Waals surface area contributed by atoms with Gasteiger partial charge in [-0.3, -0.25) is 9.36 Å². The Morgan fingerprint density at radius 3 is 2.79 bits per heavy atom. The minimum absolute atomic E-state index is 0.583. The molecule has 1 N–H and O–H groups in total. The zero-order chi connectivity index (χ0) is 22.9. The molecule has 1 aliphatic carbocycles. The highest BCUT2D eigenvalue weighted by Crippen LogP contribution is 2.36. The van der Waals surface area contributed by atoms with Crippen molar-refractivity contribution in [2.45, 2.75) is 32.7 Å². The third kappa shape index (κ3) is 4.39. The number of nitrogens with one attached hydrogen (secondary N) is 1. The van der Waals surface area contributed by atoms with Gasteiger partial charge in [-0.05, 0) is 50.6 Å². The van der Waals surface area contributed by atoms with Gasteiger partial charge in [0.2, 0.25) is 5.95 Å². The van der Waals surface area contributed by atoms with Crippen molar-refractivity contribution in [3.8, 4) is 11.3 Å². The van der Waals surface area contributed by atoms with Crippen LogP contribution < -0.4 is 5.32 Å². The predicted octanol–water partition coefficient (Wildman–Crippen LogP) is 3.38. The van der Waals surface area contributed by atoms with Crippen molar-refractivity contribution in [1.82, 2.24) is 34.4 Å². The summed E-state index contributed by atoms with van der Waals surface area (Å²) in [5.74, 6) is 0.583. The zero-order valence-corrected chi connectivity index (χ0v) is 19.7. The molecule has 0 bridgehead atoms. The molecule has 4 aromatic rings. The quantitative estimate of drug-likeness (QED) is 0.473. The average Bonchev–Trinajstić information content (AvgIpc) is 3.37. The highest BCUT2D eigenvalue weighted by atomic mass is 15.3. The lowest BCUT2D eigenvalue weighted by Gasteiger charge is -2.17. The van der Waals surface area contributed by atoms with Crippen LogP contribution >= 0.6 is 0 Å². The lowest BCUT2D eigenvalue weighted by atomic mass is 9.91. The molecule has 0 aliphatic heterocycles. The third-order valence-electron chi connectivity index (χ3n) is 6.26.